The summed E-state index contributed by atoms with van der Waals surface area (Å²) in [5, 5.41) is 3.43. The summed E-state index contributed by atoms with van der Waals surface area (Å²) < 4.78 is 2.42. The smallest absolute Gasteiger partial charge is 0.298 e. The largest absolute Gasteiger partial charge is 0.329 e. The Kier molecular flexibility index (Phi) is 4.70. The first kappa shape index (κ1) is 19.6. The number of pyridine rings is 1. The third-order valence-corrected chi connectivity index (χ3v) is 6.35. The number of H-pyrrole nitrogens is 1. The fourth-order valence-corrected chi connectivity index (χ4v) is 4.70. The van der Waals surface area contributed by atoms with E-state index in [0.717, 1.165) is 34.3 Å². The number of anilines is 1. The number of aromatic amines is 1. The van der Waals surface area contributed by atoms with Gasteiger partial charge in [-0.15, -0.1) is 0 Å². The maximum atomic E-state index is 13.3. The number of carbonyl (C=O) groups is 1. The second kappa shape index (κ2) is 7.42. The average molecular weight is 436 g/mol. The van der Waals surface area contributed by atoms with Gasteiger partial charge in [-0.1, -0.05) is 24.3 Å². The zero-order valence-electron chi connectivity index (χ0n) is 17.2. The zero-order valence-corrected chi connectivity index (χ0v) is 18.0. The van der Waals surface area contributed by atoms with E-state index < -0.39 is 17.2 Å². The molecule has 0 bridgehead atoms. The molecule has 1 amide bonds. The highest BCUT2D eigenvalue weighted by Crippen LogP contribution is 2.40. The van der Waals surface area contributed by atoms with Gasteiger partial charge in [-0.05, 0) is 49.9 Å². The summed E-state index contributed by atoms with van der Waals surface area (Å²) in [4.78, 5) is 49.8. The Hall–Kier alpha value is -3.33. The molecular formula is C22H21N5O3S. The van der Waals surface area contributed by atoms with E-state index in [2.05, 4.69) is 20.3 Å². The second-order valence-electron chi connectivity index (χ2n) is 7.92. The molecule has 1 aliphatic rings. The van der Waals surface area contributed by atoms with Crippen LogP contribution in [0.4, 0.5) is 5.13 Å². The van der Waals surface area contributed by atoms with E-state index >= 15 is 0 Å². The van der Waals surface area contributed by atoms with Gasteiger partial charge in [0.1, 0.15) is 0 Å². The lowest BCUT2D eigenvalue weighted by atomic mass is 10.1. The lowest BCUT2D eigenvalue weighted by Gasteiger charge is -2.12. The molecule has 0 saturated heterocycles. The topological polar surface area (TPSA) is 110 Å². The Labute approximate surface area is 181 Å². The molecule has 5 rings (SSSR count). The van der Waals surface area contributed by atoms with Gasteiger partial charge in [0.2, 0.25) is 0 Å². The molecule has 9 heteroatoms. The fourth-order valence-electron chi connectivity index (χ4n) is 3.74. The van der Waals surface area contributed by atoms with Crippen LogP contribution in [0.2, 0.25) is 0 Å². The number of amides is 1. The first-order valence-corrected chi connectivity index (χ1v) is 11.1. The number of aromatic nitrogens is 4. The maximum Gasteiger partial charge on any atom is 0.329 e. The van der Waals surface area contributed by atoms with Crippen molar-refractivity contribution in [3.63, 3.8) is 0 Å². The molecular weight excluding hydrogens is 414 g/mol. The van der Waals surface area contributed by atoms with Crippen molar-refractivity contribution in [3.05, 3.63) is 61.9 Å². The molecule has 8 nitrogen and oxygen atoms in total. The monoisotopic (exact) mass is 435 g/mol. The molecule has 4 aromatic rings. The zero-order chi connectivity index (χ0) is 21.7. The van der Waals surface area contributed by atoms with E-state index in [1.165, 1.54) is 15.9 Å². The van der Waals surface area contributed by atoms with Crippen molar-refractivity contribution in [2.45, 2.75) is 45.6 Å². The van der Waals surface area contributed by atoms with Gasteiger partial charge in [-0.3, -0.25) is 24.5 Å². The van der Waals surface area contributed by atoms with Crippen molar-refractivity contribution in [1.82, 2.24) is 19.5 Å². The molecule has 3 heterocycles. The molecule has 0 radical (unpaired) electrons. The number of benzene rings is 1. The van der Waals surface area contributed by atoms with E-state index in [1.54, 1.807) is 6.07 Å². The summed E-state index contributed by atoms with van der Waals surface area (Å²) in [6.45, 7) is 4.35. The van der Waals surface area contributed by atoms with E-state index in [4.69, 9.17) is 0 Å². The van der Waals surface area contributed by atoms with Crippen LogP contribution in [-0.4, -0.2) is 25.4 Å². The SMILES string of the molecule is CCCn1c(=O)[nH]c(=O)c2c(C(=O)Nc3nc4ccc(C)cc4s3)cc(C3CC3)nc21. The molecule has 1 aromatic carbocycles. The number of aryl methyl sites for hydroxylation is 2. The van der Waals surface area contributed by atoms with Gasteiger partial charge in [0.25, 0.3) is 11.5 Å². The first-order valence-electron chi connectivity index (χ1n) is 10.3. The van der Waals surface area contributed by atoms with Crippen molar-refractivity contribution in [3.8, 4) is 0 Å². The molecule has 1 aliphatic carbocycles. The molecule has 0 spiro atoms. The Morgan fingerprint density at radius 2 is 2.06 bits per heavy atom. The Balaban J connectivity index is 1.65. The Bertz CT molecular complexity index is 1460. The van der Waals surface area contributed by atoms with Crippen molar-refractivity contribution < 1.29 is 4.79 Å². The highest BCUT2D eigenvalue weighted by molar-refractivity contribution is 7.22. The number of rotatable bonds is 5. The number of hydrogen-bond acceptors (Lipinski definition) is 6. The molecule has 158 valence electrons. The molecule has 31 heavy (non-hydrogen) atoms. The summed E-state index contributed by atoms with van der Waals surface area (Å²) in [5.74, 6) is -0.178. The normalized spacial score (nSPS) is 13.7. The van der Waals surface area contributed by atoms with E-state index in [-0.39, 0.29) is 22.5 Å². The number of hydrogen-bond donors (Lipinski definition) is 2. The van der Waals surface area contributed by atoms with Crippen LogP contribution in [0.25, 0.3) is 21.3 Å². The number of nitrogens with one attached hydrogen (secondary N) is 2. The fraction of sp³-hybridized carbons (Fsp3) is 0.318. The molecule has 3 aromatic heterocycles. The highest BCUT2D eigenvalue weighted by Gasteiger charge is 2.29. The molecule has 0 unspecified atom stereocenters. The predicted octanol–water partition coefficient (Wildman–Crippen LogP) is 3.54. The van der Waals surface area contributed by atoms with Crippen LogP contribution in [0.15, 0.2) is 33.9 Å². The van der Waals surface area contributed by atoms with E-state index in [9.17, 15) is 14.4 Å². The maximum absolute atomic E-state index is 13.3. The molecule has 1 saturated carbocycles. The van der Waals surface area contributed by atoms with Crippen molar-refractivity contribution >= 4 is 43.6 Å². The lowest BCUT2D eigenvalue weighted by Crippen LogP contribution is -2.32. The Morgan fingerprint density at radius 3 is 2.81 bits per heavy atom. The van der Waals surface area contributed by atoms with E-state index in [1.807, 2.05) is 32.0 Å². The molecule has 2 N–H and O–H groups in total. The van der Waals surface area contributed by atoms with Gasteiger partial charge in [0, 0.05) is 18.2 Å². The molecule has 1 fully saturated rings. The van der Waals surface area contributed by atoms with Crippen molar-refractivity contribution in [1.29, 1.82) is 0 Å². The number of carbonyl (C=O) groups excluding carboxylic acids is 1. The van der Waals surface area contributed by atoms with E-state index in [0.29, 0.717) is 18.1 Å². The van der Waals surface area contributed by atoms with Crippen LogP contribution < -0.4 is 16.6 Å². The number of thiazole rings is 1. The summed E-state index contributed by atoms with van der Waals surface area (Å²) >= 11 is 1.38. The summed E-state index contributed by atoms with van der Waals surface area (Å²) in [6, 6.07) is 7.59. The predicted molar refractivity (Wildman–Crippen MR) is 121 cm³/mol. The van der Waals surface area contributed by atoms with Crippen LogP contribution in [0.5, 0.6) is 0 Å². The minimum atomic E-state index is -0.604. The van der Waals surface area contributed by atoms with Gasteiger partial charge >= 0.3 is 5.69 Å². The average Bonchev–Trinajstić information content (AvgIpc) is 3.51. The third-order valence-electron chi connectivity index (χ3n) is 5.42. The molecule has 0 atom stereocenters. The standard InChI is InChI=1S/C22H21N5O3S/c1-3-8-27-18-17(20(29)26-22(27)30)13(10-15(23-18)12-5-6-12)19(28)25-21-24-14-7-4-11(2)9-16(14)31-21/h4,7,9-10,12H,3,5-6,8H2,1-2H3,(H,24,25,28)(H,26,29,30). The quantitative estimate of drug-likeness (QED) is 0.498. The minimum absolute atomic E-state index is 0.131. The second-order valence-corrected chi connectivity index (χ2v) is 8.95. The third kappa shape index (κ3) is 3.54. The van der Waals surface area contributed by atoms with Gasteiger partial charge in [0.05, 0.1) is 21.2 Å². The van der Waals surface area contributed by atoms with Gasteiger partial charge in [-0.2, -0.15) is 0 Å². The van der Waals surface area contributed by atoms with Crippen LogP contribution in [0.3, 0.4) is 0 Å². The van der Waals surface area contributed by atoms with Crippen LogP contribution in [-0.2, 0) is 6.54 Å². The lowest BCUT2D eigenvalue weighted by molar-refractivity contribution is 0.102. The molecule has 0 aliphatic heterocycles. The Morgan fingerprint density at radius 1 is 1.26 bits per heavy atom. The number of nitrogens with zero attached hydrogens (tertiary/aromatic N) is 3. The minimum Gasteiger partial charge on any atom is -0.298 e. The van der Waals surface area contributed by atoms with Crippen molar-refractivity contribution in [2.24, 2.45) is 0 Å². The van der Waals surface area contributed by atoms with Gasteiger partial charge < -0.3 is 0 Å². The summed E-state index contributed by atoms with van der Waals surface area (Å²) in [6.07, 6.45) is 2.67. The summed E-state index contributed by atoms with van der Waals surface area (Å²) in [5.41, 5.74) is 2.04. The first-order chi connectivity index (χ1) is 14.9. The van der Waals surface area contributed by atoms with Gasteiger partial charge in [0.15, 0.2) is 10.8 Å². The van der Waals surface area contributed by atoms with Crippen LogP contribution in [0.1, 0.15) is 53.7 Å². The van der Waals surface area contributed by atoms with Crippen molar-refractivity contribution in [2.75, 3.05) is 5.32 Å². The highest BCUT2D eigenvalue weighted by atomic mass is 32.1. The number of fused-ring (bicyclic) bond motifs is 2. The van der Waals surface area contributed by atoms with Gasteiger partial charge in [-0.25, -0.2) is 14.8 Å². The van der Waals surface area contributed by atoms with Crippen LogP contribution in [0, 0.1) is 6.92 Å². The summed E-state index contributed by atoms with van der Waals surface area (Å²) in [7, 11) is 0. The van der Waals surface area contributed by atoms with Crippen LogP contribution >= 0.6 is 11.3 Å².